The highest BCUT2D eigenvalue weighted by Gasteiger charge is 2.11. The molecule has 18 heavy (non-hydrogen) atoms. The average molecular weight is 307 g/mol. The first-order valence-corrected chi connectivity index (χ1v) is 6.06. The van der Waals surface area contributed by atoms with Crippen LogP contribution in [-0.4, -0.2) is 18.0 Å². The van der Waals surface area contributed by atoms with E-state index in [1.54, 1.807) is 36.5 Å². The number of methoxy groups -OCH3 is 1. The van der Waals surface area contributed by atoms with Crippen LogP contribution in [0.3, 0.4) is 0 Å². The molecule has 0 aliphatic rings. The molecule has 0 bridgehead atoms. The molecule has 1 heterocycles. The van der Waals surface area contributed by atoms with Gasteiger partial charge in [-0.1, -0.05) is 28.1 Å². The van der Waals surface area contributed by atoms with Gasteiger partial charge in [0.25, 0.3) is 5.91 Å². The zero-order valence-corrected chi connectivity index (χ0v) is 11.3. The SMILES string of the molecule is COc1ccccc1C(=O)Nc1cc(Br)ccn1. The number of nitrogens with one attached hydrogen (secondary N) is 1. The predicted molar refractivity (Wildman–Crippen MR) is 72.9 cm³/mol. The number of anilines is 1. The predicted octanol–water partition coefficient (Wildman–Crippen LogP) is 3.11. The molecule has 5 heteroatoms. The van der Waals surface area contributed by atoms with Crippen molar-refractivity contribution in [2.75, 3.05) is 12.4 Å². The van der Waals surface area contributed by atoms with Crippen LogP contribution in [0.1, 0.15) is 10.4 Å². The topological polar surface area (TPSA) is 51.2 Å². The Morgan fingerprint density at radius 1 is 1.33 bits per heavy atom. The van der Waals surface area contributed by atoms with Crippen LogP contribution < -0.4 is 10.1 Å². The molecule has 0 aliphatic carbocycles. The van der Waals surface area contributed by atoms with Gasteiger partial charge < -0.3 is 10.1 Å². The molecule has 0 fully saturated rings. The van der Waals surface area contributed by atoms with Crippen LogP contribution in [0.5, 0.6) is 5.75 Å². The van der Waals surface area contributed by atoms with Crippen LogP contribution in [0.25, 0.3) is 0 Å². The first kappa shape index (κ1) is 12.6. The fourth-order valence-corrected chi connectivity index (χ4v) is 1.82. The smallest absolute Gasteiger partial charge is 0.260 e. The Hall–Kier alpha value is -1.88. The molecule has 4 nitrogen and oxygen atoms in total. The van der Waals surface area contributed by atoms with Gasteiger partial charge in [0.05, 0.1) is 12.7 Å². The highest BCUT2D eigenvalue weighted by atomic mass is 79.9. The number of halogens is 1. The Balaban J connectivity index is 2.22. The molecule has 0 spiro atoms. The van der Waals surface area contributed by atoms with E-state index in [1.807, 2.05) is 6.07 Å². The quantitative estimate of drug-likeness (QED) is 0.948. The van der Waals surface area contributed by atoms with E-state index in [2.05, 4.69) is 26.2 Å². The number of aromatic nitrogens is 1. The van der Waals surface area contributed by atoms with Gasteiger partial charge in [-0.3, -0.25) is 4.79 Å². The van der Waals surface area contributed by atoms with Gasteiger partial charge >= 0.3 is 0 Å². The van der Waals surface area contributed by atoms with E-state index in [0.29, 0.717) is 17.1 Å². The van der Waals surface area contributed by atoms with Crippen LogP contribution in [-0.2, 0) is 0 Å². The highest BCUT2D eigenvalue weighted by molar-refractivity contribution is 9.10. The van der Waals surface area contributed by atoms with Gasteiger partial charge in [0, 0.05) is 10.7 Å². The number of para-hydroxylation sites is 1. The summed E-state index contributed by atoms with van der Waals surface area (Å²) in [7, 11) is 1.53. The number of hydrogen-bond donors (Lipinski definition) is 1. The number of pyridine rings is 1. The molecule has 1 aromatic carbocycles. The van der Waals surface area contributed by atoms with Crippen LogP contribution in [0.4, 0.5) is 5.82 Å². The molecule has 1 N–H and O–H groups in total. The lowest BCUT2D eigenvalue weighted by molar-refractivity contribution is 0.102. The number of rotatable bonds is 3. The zero-order valence-electron chi connectivity index (χ0n) is 9.68. The molecule has 0 saturated carbocycles. The molecule has 92 valence electrons. The fourth-order valence-electron chi connectivity index (χ4n) is 1.49. The molecular formula is C13H11BrN2O2. The number of carbonyl (C=O) groups excluding carboxylic acids is 1. The molecule has 0 unspecified atom stereocenters. The van der Waals surface area contributed by atoms with E-state index in [9.17, 15) is 4.79 Å². The normalized spacial score (nSPS) is 9.89. The number of hydrogen-bond acceptors (Lipinski definition) is 3. The van der Waals surface area contributed by atoms with Crippen molar-refractivity contribution in [1.29, 1.82) is 0 Å². The number of amides is 1. The number of carbonyl (C=O) groups is 1. The van der Waals surface area contributed by atoms with Crippen molar-refractivity contribution in [3.05, 3.63) is 52.6 Å². The second-order valence-electron chi connectivity index (χ2n) is 3.51. The fraction of sp³-hybridized carbons (Fsp3) is 0.0769. The van der Waals surface area contributed by atoms with Crippen molar-refractivity contribution in [3.8, 4) is 5.75 Å². The zero-order chi connectivity index (χ0) is 13.0. The van der Waals surface area contributed by atoms with E-state index >= 15 is 0 Å². The summed E-state index contributed by atoms with van der Waals surface area (Å²) in [6, 6.07) is 10.6. The average Bonchev–Trinajstić information content (AvgIpc) is 2.38. The minimum Gasteiger partial charge on any atom is -0.496 e. The van der Waals surface area contributed by atoms with E-state index in [0.717, 1.165) is 4.47 Å². The molecule has 0 aliphatic heterocycles. The van der Waals surface area contributed by atoms with Gasteiger partial charge in [0.1, 0.15) is 11.6 Å². The molecule has 2 rings (SSSR count). The van der Waals surface area contributed by atoms with Crippen LogP contribution >= 0.6 is 15.9 Å². The summed E-state index contributed by atoms with van der Waals surface area (Å²) in [4.78, 5) is 16.1. The van der Waals surface area contributed by atoms with Crippen LogP contribution in [0.15, 0.2) is 47.1 Å². The Kier molecular flexibility index (Phi) is 3.94. The lowest BCUT2D eigenvalue weighted by Crippen LogP contribution is -2.13. The second-order valence-corrected chi connectivity index (χ2v) is 4.43. The van der Waals surface area contributed by atoms with Gasteiger partial charge in [0.2, 0.25) is 0 Å². The van der Waals surface area contributed by atoms with Crippen molar-refractivity contribution in [2.24, 2.45) is 0 Å². The second kappa shape index (κ2) is 5.64. The molecule has 1 aromatic heterocycles. The third kappa shape index (κ3) is 2.87. The first-order chi connectivity index (χ1) is 8.70. The summed E-state index contributed by atoms with van der Waals surface area (Å²) in [6.07, 6.45) is 1.61. The highest BCUT2D eigenvalue weighted by Crippen LogP contribution is 2.19. The van der Waals surface area contributed by atoms with E-state index in [1.165, 1.54) is 7.11 Å². The maximum atomic E-state index is 12.1. The maximum absolute atomic E-state index is 12.1. The number of ether oxygens (including phenoxy) is 1. The standard InChI is InChI=1S/C13H11BrN2O2/c1-18-11-5-3-2-4-10(11)13(17)16-12-8-9(14)6-7-15-12/h2-8H,1H3,(H,15,16,17). The van der Waals surface area contributed by atoms with Gasteiger partial charge in [-0.2, -0.15) is 0 Å². The van der Waals surface area contributed by atoms with Gasteiger partial charge in [-0.25, -0.2) is 4.98 Å². The molecule has 0 saturated heterocycles. The van der Waals surface area contributed by atoms with Crippen molar-refractivity contribution < 1.29 is 9.53 Å². The van der Waals surface area contributed by atoms with Crippen molar-refractivity contribution in [3.63, 3.8) is 0 Å². The summed E-state index contributed by atoms with van der Waals surface area (Å²) in [5, 5.41) is 2.71. The van der Waals surface area contributed by atoms with Gasteiger partial charge in [-0.15, -0.1) is 0 Å². The summed E-state index contributed by atoms with van der Waals surface area (Å²) in [5.41, 5.74) is 0.474. The van der Waals surface area contributed by atoms with E-state index in [-0.39, 0.29) is 5.91 Å². The van der Waals surface area contributed by atoms with Crippen LogP contribution in [0.2, 0.25) is 0 Å². The maximum Gasteiger partial charge on any atom is 0.260 e. The van der Waals surface area contributed by atoms with Gasteiger partial charge in [-0.05, 0) is 24.3 Å². The molecule has 0 radical (unpaired) electrons. The number of nitrogens with zero attached hydrogens (tertiary/aromatic N) is 1. The molecule has 1 amide bonds. The lowest BCUT2D eigenvalue weighted by Gasteiger charge is -2.08. The Morgan fingerprint density at radius 3 is 2.83 bits per heavy atom. The Labute approximate surface area is 113 Å². The minimum atomic E-state index is -0.252. The Bertz CT molecular complexity index is 572. The first-order valence-electron chi connectivity index (χ1n) is 5.26. The third-order valence-corrected chi connectivity index (χ3v) is 2.81. The van der Waals surface area contributed by atoms with E-state index in [4.69, 9.17) is 4.74 Å². The van der Waals surface area contributed by atoms with Gasteiger partial charge in [0.15, 0.2) is 0 Å². The number of benzene rings is 1. The largest absolute Gasteiger partial charge is 0.496 e. The Morgan fingerprint density at radius 2 is 2.11 bits per heavy atom. The van der Waals surface area contributed by atoms with Crippen molar-refractivity contribution in [1.82, 2.24) is 4.98 Å². The van der Waals surface area contributed by atoms with Crippen molar-refractivity contribution in [2.45, 2.75) is 0 Å². The summed E-state index contributed by atoms with van der Waals surface area (Å²) >= 11 is 3.32. The summed E-state index contributed by atoms with van der Waals surface area (Å²) < 4.78 is 5.99. The summed E-state index contributed by atoms with van der Waals surface area (Å²) in [6.45, 7) is 0. The monoisotopic (exact) mass is 306 g/mol. The van der Waals surface area contributed by atoms with E-state index < -0.39 is 0 Å². The van der Waals surface area contributed by atoms with Crippen molar-refractivity contribution >= 4 is 27.7 Å². The third-order valence-electron chi connectivity index (χ3n) is 2.32. The van der Waals surface area contributed by atoms with Crippen LogP contribution in [0, 0.1) is 0 Å². The minimum absolute atomic E-state index is 0.252. The molecular weight excluding hydrogens is 296 g/mol. The summed E-state index contributed by atoms with van der Waals surface area (Å²) in [5.74, 6) is 0.767. The molecule has 2 aromatic rings. The molecule has 0 atom stereocenters. The lowest BCUT2D eigenvalue weighted by atomic mass is 10.2.